The second-order valence-corrected chi connectivity index (χ2v) is 8.23. The summed E-state index contributed by atoms with van der Waals surface area (Å²) in [7, 11) is 1.49. The summed E-state index contributed by atoms with van der Waals surface area (Å²) < 4.78 is 21.3. The molecule has 6 nitrogen and oxygen atoms in total. The van der Waals surface area contributed by atoms with E-state index < -0.39 is 17.8 Å². The Morgan fingerprint density at radius 3 is 2.73 bits per heavy atom. The van der Waals surface area contributed by atoms with Gasteiger partial charge in [0.2, 0.25) is 0 Å². The van der Waals surface area contributed by atoms with Crippen LogP contribution in [0.4, 0.5) is 9.52 Å². The molecule has 0 bridgehead atoms. The lowest BCUT2D eigenvalue weighted by atomic mass is 10.0. The van der Waals surface area contributed by atoms with Gasteiger partial charge in [-0.1, -0.05) is 48.5 Å². The molecule has 0 saturated carbocycles. The molecule has 0 spiro atoms. The fraction of sp³-hybridized carbons (Fsp3) is 0.0800. The van der Waals surface area contributed by atoms with Gasteiger partial charge in [0.25, 0.3) is 5.91 Å². The second-order valence-electron chi connectivity index (χ2n) is 7.33. The Morgan fingerprint density at radius 1 is 1.12 bits per heavy atom. The predicted octanol–water partition coefficient (Wildman–Crippen LogP) is 5.54. The lowest BCUT2D eigenvalue weighted by Gasteiger charge is -2.19. The topological polar surface area (TPSA) is 69.0 Å². The lowest BCUT2D eigenvalue weighted by molar-refractivity contribution is -0.118. The number of thiazole rings is 1. The number of ether oxygens (including phenoxy) is 1. The number of amides is 1. The van der Waals surface area contributed by atoms with E-state index >= 15 is 0 Å². The highest BCUT2D eigenvalue weighted by atomic mass is 32.1. The molecular weight excluding hydrogens is 439 g/mol. The molecule has 1 N–H and O–H groups in total. The molecule has 33 heavy (non-hydrogen) atoms. The zero-order chi connectivity index (χ0) is 22.8. The first-order chi connectivity index (χ1) is 16.1. The molecule has 1 unspecified atom stereocenters. The number of carbonyl (C=O) groups excluding carboxylic acids is 1. The van der Waals surface area contributed by atoms with Gasteiger partial charge in [-0.3, -0.25) is 14.8 Å². The molecule has 8 heteroatoms. The summed E-state index contributed by atoms with van der Waals surface area (Å²) in [4.78, 5) is 17.6. The largest absolute Gasteiger partial charge is 0.496 e. The van der Waals surface area contributed by atoms with Crippen LogP contribution in [0.25, 0.3) is 22.0 Å². The summed E-state index contributed by atoms with van der Waals surface area (Å²) in [6.07, 6.45) is 3.39. The van der Waals surface area contributed by atoms with Crippen LogP contribution in [0.2, 0.25) is 0 Å². The van der Waals surface area contributed by atoms with Gasteiger partial charge in [0.1, 0.15) is 17.1 Å². The van der Waals surface area contributed by atoms with E-state index in [1.54, 1.807) is 22.5 Å². The van der Waals surface area contributed by atoms with Gasteiger partial charge in [-0.25, -0.2) is 9.37 Å². The second kappa shape index (κ2) is 8.84. The third-order valence-corrected chi connectivity index (χ3v) is 5.99. The van der Waals surface area contributed by atoms with E-state index in [4.69, 9.17) is 9.84 Å². The van der Waals surface area contributed by atoms with Crippen molar-refractivity contribution in [2.75, 3.05) is 12.4 Å². The first kappa shape index (κ1) is 20.8. The van der Waals surface area contributed by atoms with Crippen LogP contribution < -0.4 is 10.1 Å². The molecule has 0 fully saturated rings. The van der Waals surface area contributed by atoms with Gasteiger partial charge in [0.05, 0.1) is 7.11 Å². The quantitative estimate of drug-likeness (QED) is 0.363. The van der Waals surface area contributed by atoms with E-state index in [-0.39, 0.29) is 0 Å². The summed E-state index contributed by atoms with van der Waals surface area (Å²) in [6, 6.07) is 18.9. The van der Waals surface area contributed by atoms with Crippen LogP contribution in [0.3, 0.4) is 0 Å². The minimum atomic E-state index is -0.976. The summed E-state index contributed by atoms with van der Waals surface area (Å²) in [5.74, 6) is -0.485. The van der Waals surface area contributed by atoms with E-state index in [1.165, 1.54) is 36.6 Å². The van der Waals surface area contributed by atoms with Gasteiger partial charge < -0.3 is 4.74 Å². The van der Waals surface area contributed by atoms with Crippen molar-refractivity contribution < 1.29 is 13.9 Å². The SMILES string of the molecule is COc1ccc(F)cc1C(C(=O)Nc1nccs1)n1cc2cccc(-c3ccccc3)c2n1. The number of anilines is 1. The van der Waals surface area contributed by atoms with Crippen LogP contribution in [0, 0.1) is 5.82 Å². The molecule has 5 aromatic rings. The number of hydrogen-bond donors (Lipinski definition) is 1. The maximum absolute atomic E-state index is 14.3. The van der Waals surface area contributed by atoms with Crippen LogP contribution in [-0.4, -0.2) is 27.8 Å². The Labute approximate surface area is 193 Å². The molecular formula is C25H19FN4O2S. The number of methoxy groups -OCH3 is 1. The third kappa shape index (κ3) is 4.08. The van der Waals surface area contributed by atoms with Crippen molar-refractivity contribution in [1.29, 1.82) is 0 Å². The fourth-order valence-electron chi connectivity index (χ4n) is 3.83. The smallest absolute Gasteiger partial charge is 0.255 e. The van der Waals surface area contributed by atoms with Gasteiger partial charge in [0, 0.05) is 34.3 Å². The van der Waals surface area contributed by atoms with E-state index in [9.17, 15) is 9.18 Å². The number of aromatic nitrogens is 3. The zero-order valence-electron chi connectivity index (χ0n) is 17.6. The average molecular weight is 459 g/mol. The van der Waals surface area contributed by atoms with Crippen molar-refractivity contribution in [3.63, 3.8) is 0 Å². The molecule has 1 atom stereocenters. The van der Waals surface area contributed by atoms with Gasteiger partial charge in [-0.05, 0) is 23.8 Å². The molecule has 0 radical (unpaired) electrons. The molecule has 0 aliphatic rings. The van der Waals surface area contributed by atoms with E-state index in [0.29, 0.717) is 16.4 Å². The molecule has 1 amide bonds. The minimum absolute atomic E-state index is 0.362. The highest BCUT2D eigenvalue weighted by Crippen LogP contribution is 2.33. The van der Waals surface area contributed by atoms with Gasteiger partial charge in [-0.2, -0.15) is 5.10 Å². The van der Waals surface area contributed by atoms with Crippen LogP contribution >= 0.6 is 11.3 Å². The monoisotopic (exact) mass is 458 g/mol. The maximum atomic E-state index is 14.3. The van der Waals surface area contributed by atoms with Crippen LogP contribution in [0.15, 0.2) is 84.5 Å². The summed E-state index contributed by atoms with van der Waals surface area (Å²) in [6.45, 7) is 0. The van der Waals surface area contributed by atoms with Crippen molar-refractivity contribution in [1.82, 2.24) is 14.8 Å². The number of fused-ring (bicyclic) bond motifs is 1. The molecule has 3 aromatic carbocycles. The molecule has 2 aromatic heterocycles. The third-order valence-electron chi connectivity index (χ3n) is 5.30. The van der Waals surface area contributed by atoms with Crippen molar-refractivity contribution in [2.45, 2.75) is 6.04 Å². The lowest BCUT2D eigenvalue weighted by Crippen LogP contribution is -2.28. The van der Waals surface area contributed by atoms with Crippen molar-refractivity contribution >= 4 is 33.3 Å². The van der Waals surface area contributed by atoms with Crippen LogP contribution in [-0.2, 0) is 4.79 Å². The number of carbonyl (C=O) groups is 1. The van der Waals surface area contributed by atoms with Crippen LogP contribution in [0.1, 0.15) is 11.6 Å². The number of hydrogen-bond acceptors (Lipinski definition) is 5. The van der Waals surface area contributed by atoms with Gasteiger partial charge in [-0.15, -0.1) is 11.3 Å². The Balaban J connectivity index is 1.67. The number of nitrogens with one attached hydrogen (secondary N) is 1. The van der Waals surface area contributed by atoms with Crippen LogP contribution in [0.5, 0.6) is 5.75 Å². The van der Waals surface area contributed by atoms with Gasteiger partial charge >= 0.3 is 0 Å². The predicted molar refractivity (Wildman–Crippen MR) is 127 cm³/mol. The number of rotatable bonds is 6. The maximum Gasteiger partial charge on any atom is 0.255 e. The molecule has 0 aliphatic heterocycles. The van der Waals surface area contributed by atoms with E-state index in [0.717, 1.165) is 22.0 Å². The fourth-order valence-corrected chi connectivity index (χ4v) is 4.36. The van der Waals surface area contributed by atoms with E-state index in [2.05, 4.69) is 10.3 Å². The summed E-state index contributed by atoms with van der Waals surface area (Å²) >= 11 is 1.30. The summed E-state index contributed by atoms with van der Waals surface area (Å²) in [5.41, 5.74) is 3.06. The molecule has 5 rings (SSSR count). The van der Waals surface area contributed by atoms with E-state index in [1.807, 2.05) is 48.5 Å². The standard InChI is InChI=1S/C25H19FN4O2S/c1-32-21-11-10-18(26)14-20(21)23(24(31)28-25-27-12-13-33-25)30-15-17-8-5-9-19(22(17)29-30)16-6-3-2-4-7-16/h2-15,23H,1H3,(H,27,28,31). The first-order valence-electron chi connectivity index (χ1n) is 10.2. The molecule has 2 heterocycles. The van der Waals surface area contributed by atoms with Crippen molar-refractivity contribution in [2.24, 2.45) is 0 Å². The molecule has 164 valence electrons. The Morgan fingerprint density at radius 2 is 1.97 bits per heavy atom. The van der Waals surface area contributed by atoms with Gasteiger partial charge in [0.15, 0.2) is 11.2 Å². The highest BCUT2D eigenvalue weighted by molar-refractivity contribution is 7.13. The highest BCUT2D eigenvalue weighted by Gasteiger charge is 2.28. The summed E-state index contributed by atoms with van der Waals surface area (Å²) in [5, 5.41) is 10.7. The van der Waals surface area contributed by atoms with Crippen molar-refractivity contribution in [3.05, 3.63) is 95.9 Å². The Bertz CT molecular complexity index is 1420. The molecule has 0 saturated heterocycles. The normalized spacial score (nSPS) is 11.9. The number of nitrogens with zero attached hydrogens (tertiary/aromatic N) is 3. The number of halogens is 1. The minimum Gasteiger partial charge on any atom is -0.496 e. The Hall–Kier alpha value is -4.04. The first-order valence-corrected chi connectivity index (χ1v) is 11.1. The van der Waals surface area contributed by atoms with Crippen molar-refractivity contribution in [3.8, 4) is 16.9 Å². The zero-order valence-corrected chi connectivity index (χ0v) is 18.4. The average Bonchev–Trinajstić information content (AvgIpc) is 3.49. The number of benzene rings is 3. The Kier molecular flexibility index (Phi) is 5.58. The molecule has 0 aliphatic carbocycles.